The maximum atomic E-state index is 11.7. The highest BCUT2D eigenvalue weighted by Crippen LogP contribution is 2.23. The molecule has 0 atom stereocenters. The van der Waals surface area contributed by atoms with Crippen LogP contribution in [0.3, 0.4) is 0 Å². The molecular formula is C19H26N4O3S. The van der Waals surface area contributed by atoms with Crippen molar-refractivity contribution in [2.75, 3.05) is 37.0 Å². The summed E-state index contributed by atoms with van der Waals surface area (Å²) in [5.74, 6) is 1.06. The molecule has 0 unspecified atom stereocenters. The SMILES string of the molecule is CNS(=O)(=O)c1ccc(NCc2ccc(N3CCC(CO)CC3)cc2)nc1. The van der Waals surface area contributed by atoms with Crippen LogP contribution in [0.2, 0.25) is 0 Å². The van der Waals surface area contributed by atoms with Crippen molar-refractivity contribution in [2.24, 2.45) is 5.92 Å². The zero-order valence-electron chi connectivity index (χ0n) is 15.4. The van der Waals surface area contributed by atoms with Gasteiger partial charge in [-0.15, -0.1) is 0 Å². The number of hydrogen-bond donors (Lipinski definition) is 3. The van der Waals surface area contributed by atoms with Crippen LogP contribution in [0.5, 0.6) is 0 Å². The first-order valence-electron chi connectivity index (χ1n) is 9.10. The minimum atomic E-state index is -3.46. The number of rotatable bonds is 7. The zero-order chi connectivity index (χ0) is 19.3. The number of aliphatic hydroxyl groups excluding tert-OH is 1. The fraction of sp³-hybridized carbons (Fsp3) is 0.421. The van der Waals surface area contributed by atoms with Gasteiger partial charge in [-0.05, 0) is 55.6 Å². The number of piperidine rings is 1. The predicted octanol–water partition coefficient (Wildman–Crippen LogP) is 1.81. The molecule has 0 radical (unpaired) electrons. The van der Waals surface area contributed by atoms with E-state index in [9.17, 15) is 13.5 Å². The highest BCUT2D eigenvalue weighted by Gasteiger charge is 2.18. The number of pyridine rings is 1. The zero-order valence-corrected chi connectivity index (χ0v) is 16.2. The van der Waals surface area contributed by atoms with Gasteiger partial charge in [0.25, 0.3) is 0 Å². The van der Waals surface area contributed by atoms with Crippen LogP contribution in [-0.2, 0) is 16.6 Å². The van der Waals surface area contributed by atoms with E-state index in [1.807, 2.05) is 0 Å². The number of hydrogen-bond acceptors (Lipinski definition) is 6. The van der Waals surface area contributed by atoms with E-state index in [1.165, 1.54) is 25.0 Å². The molecule has 8 heteroatoms. The van der Waals surface area contributed by atoms with Crippen molar-refractivity contribution in [3.05, 3.63) is 48.2 Å². The van der Waals surface area contributed by atoms with E-state index in [0.29, 0.717) is 18.3 Å². The monoisotopic (exact) mass is 390 g/mol. The Morgan fingerprint density at radius 1 is 1.15 bits per heavy atom. The number of sulfonamides is 1. The molecule has 146 valence electrons. The van der Waals surface area contributed by atoms with Gasteiger partial charge in [0.2, 0.25) is 10.0 Å². The van der Waals surface area contributed by atoms with Gasteiger partial charge in [-0.2, -0.15) is 0 Å². The molecule has 1 aliphatic rings. The first-order chi connectivity index (χ1) is 13.0. The van der Waals surface area contributed by atoms with Gasteiger partial charge in [0.1, 0.15) is 10.7 Å². The lowest BCUT2D eigenvalue weighted by Crippen LogP contribution is -2.34. The van der Waals surface area contributed by atoms with Gasteiger partial charge in [0, 0.05) is 38.1 Å². The summed E-state index contributed by atoms with van der Waals surface area (Å²) < 4.78 is 25.7. The molecule has 7 nitrogen and oxygen atoms in total. The summed E-state index contributed by atoms with van der Waals surface area (Å²) in [6.45, 7) is 2.86. The second kappa shape index (κ2) is 8.69. The van der Waals surface area contributed by atoms with E-state index >= 15 is 0 Å². The number of nitrogens with one attached hydrogen (secondary N) is 2. The molecule has 1 aromatic heterocycles. The molecule has 1 aromatic carbocycles. The van der Waals surface area contributed by atoms with Crippen LogP contribution in [0.4, 0.5) is 11.5 Å². The molecule has 3 N–H and O–H groups in total. The Balaban J connectivity index is 1.54. The van der Waals surface area contributed by atoms with Crippen molar-refractivity contribution >= 4 is 21.5 Å². The Morgan fingerprint density at radius 3 is 2.41 bits per heavy atom. The largest absolute Gasteiger partial charge is 0.396 e. The number of benzene rings is 1. The summed E-state index contributed by atoms with van der Waals surface area (Å²) in [6.07, 6.45) is 3.41. The topological polar surface area (TPSA) is 94.6 Å². The standard InChI is InChI=1S/C19H26N4O3S/c1-20-27(25,26)18-6-7-19(22-13-18)21-12-15-2-4-17(5-3-15)23-10-8-16(14-24)9-11-23/h2-7,13,16,20,24H,8-12,14H2,1H3,(H,21,22). The van der Waals surface area contributed by atoms with Gasteiger partial charge in [0.15, 0.2) is 0 Å². The van der Waals surface area contributed by atoms with E-state index in [0.717, 1.165) is 31.5 Å². The summed E-state index contributed by atoms with van der Waals surface area (Å²) in [6, 6.07) is 11.6. The highest BCUT2D eigenvalue weighted by molar-refractivity contribution is 7.89. The van der Waals surface area contributed by atoms with Crippen LogP contribution in [-0.4, -0.2) is 45.3 Å². The van der Waals surface area contributed by atoms with E-state index in [1.54, 1.807) is 6.07 Å². The van der Waals surface area contributed by atoms with Crippen molar-refractivity contribution in [1.29, 1.82) is 0 Å². The molecule has 0 spiro atoms. The van der Waals surface area contributed by atoms with Gasteiger partial charge in [-0.3, -0.25) is 0 Å². The van der Waals surface area contributed by atoms with Gasteiger partial charge >= 0.3 is 0 Å². The van der Waals surface area contributed by atoms with E-state index < -0.39 is 10.0 Å². The van der Waals surface area contributed by atoms with Crippen LogP contribution in [0.15, 0.2) is 47.5 Å². The normalized spacial score (nSPS) is 15.7. The Morgan fingerprint density at radius 2 is 1.85 bits per heavy atom. The molecule has 1 aliphatic heterocycles. The van der Waals surface area contributed by atoms with Crippen molar-refractivity contribution in [3.63, 3.8) is 0 Å². The molecule has 2 aromatic rings. The predicted molar refractivity (Wildman–Crippen MR) is 106 cm³/mol. The lowest BCUT2D eigenvalue weighted by Gasteiger charge is -2.33. The Hall–Kier alpha value is -2.16. The average molecular weight is 391 g/mol. The van der Waals surface area contributed by atoms with Crippen LogP contribution in [0, 0.1) is 5.92 Å². The molecule has 0 saturated carbocycles. The molecule has 27 heavy (non-hydrogen) atoms. The smallest absolute Gasteiger partial charge is 0.241 e. The lowest BCUT2D eigenvalue weighted by molar-refractivity contribution is 0.203. The molecule has 0 amide bonds. The Kier molecular flexibility index (Phi) is 6.30. The lowest BCUT2D eigenvalue weighted by atomic mass is 9.97. The number of aromatic nitrogens is 1. The maximum Gasteiger partial charge on any atom is 0.241 e. The van der Waals surface area contributed by atoms with Gasteiger partial charge in [-0.25, -0.2) is 18.1 Å². The third-order valence-electron chi connectivity index (χ3n) is 4.96. The summed E-state index contributed by atoms with van der Waals surface area (Å²) >= 11 is 0. The number of anilines is 2. The fourth-order valence-electron chi connectivity index (χ4n) is 3.15. The molecule has 2 heterocycles. The van der Waals surface area contributed by atoms with Crippen LogP contribution < -0.4 is 14.9 Å². The average Bonchev–Trinajstić information content (AvgIpc) is 2.73. The van der Waals surface area contributed by atoms with E-state index in [4.69, 9.17) is 0 Å². The van der Waals surface area contributed by atoms with Crippen LogP contribution >= 0.6 is 0 Å². The Bertz CT molecular complexity index is 830. The van der Waals surface area contributed by atoms with Crippen LogP contribution in [0.25, 0.3) is 0 Å². The van der Waals surface area contributed by atoms with Gasteiger partial charge in [-0.1, -0.05) is 12.1 Å². The number of aliphatic hydroxyl groups is 1. The molecule has 0 bridgehead atoms. The number of nitrogens with zero attached hydrogens (tertiary/aromatic N) is 2. The van der Waals surface area contributed by atoms with Gasteiger partial charge < -0.3 is 15.3 Å². The molecule has 0 aliphatic carbocycles. The van der Waals surface area contributed by atoms with Crippen LogP contribution in [0.1, 0.15) is 18.4 Å². The van der Waals surface area contributed by atoms with Crippen molar-refractivity contribution in [1.82, 2.24) is 9.71 Å². The molecule has 1 saturated heterocycles. The molecule has 1 fully saturated rings. The minimum Gasteiger partial charge on any atom is -0.396 e. The second-order valence-corrected chi connectivity index (χ2v) is 8.61. The first-order valence-corrected chi connectivity index (χ1v) is 10.6. The molecule has 3 rings (SSSR count). The maximum absolute atomic E-state index is 11.7. The second-order valence-electron chi connectivity index (χ2n) is 6.72. The third-order valence-corrected chi connectivity index (χ3v) is 6.36. The quantitative estimate of drug-likeness (QED) is 0.668. The van der Waals surface area contributed by atoms with Crippen molar-refractivity contribution in [2.45, 2.75) is 24.3 Å². The highest BCUT2D eigenvalue weighted by atomic mass is 32.2. The summed E-state index contributed by atoms with van der Waals surface area (Å²) in [4.78, 5) is 6.65. The van der Waals surface area contributed by atoms with E-state index in [2.05, 4.69) is 44.2 Å². The Labute approximate surface area is 160 Å². The van der Waals surface area contributed by atoms with Crippen molar-refractivity contribution in [3.8, 4) is 0 Å². The first kappa shape index (κ1) is 19.6. The third kappa shape index (κ3) is 4.97. The fourth-order valence-corrected chi connectivity index (χ4v) is 3.83. The van der Waals surface area contributed by atoms with Crippen molar-refractivity contribution < 1.29 is 13.5 Å². The summed E-state index contributed by atoms with van der Waals surface area (Å²) in [5, 5.41) is 12.4. The summed E-state index contributed by atoms with van der Waals surface area (Å²) in [7, 11) is -2.09. The van der Waals surface area contributed by atoms with Gasteiger partial charge in [0.05, 0.1) is 0 Å². The van der Waals surface area contributed by atoms with E-state index in [-0.39, 0.29) is 11.5 Å². The molecular weight excluding hydrogens is 364 g/mol. The summed E-state index contributed by atoms with van der Waals surface area (Å²) in [5.41, 5.74) is 2.33. The minimum absolute atomic E-state index is 0.143.